The summed E-state index contributed by atoms with van der Waals surface area (Å²) in [5.41, 5.74) is -1.59. The van der Waals surface area contributed by atoms with Crippen LogP contribution in [-0.4, -0.2) is 39.4 Å². The van der Waals surface area contributed by atoms with E-state index >= 15 is 0 Å². The summed E-state index contributed by atoms with van der Waals surface area (Å²) in [4.78, 5) is 23.3. The fourth-order valence-corrected chi connectivity index (χ4v) is 2.53. The van der Waals surface area contributed by atoms with E-state index in [2.05, 4.69) is 10.5 Å². The third-order valence-electron chi connectivity index (χ3n) is 3.34. The zero-order valence-electron chi connectivity index (χ0n) is 12.8. The van der Waals surface area contributed by atoms with Crippen LogP contribution in [0.25, 0.3) is 11.3 Å². The van der Waals surface area contributed by atoms with Gasteiger partial charge in [0, 0.05) is 5.56 Å². The predicted molar refractivity (Wildman–Crippen MR) is 87.3 cm³/mol. The Hall–Kier alpha value is -2.09. The van der Waals surface area contributed by atoms with Crippen LogP contribution in [0, 0.1) is 6.92 Å². The van der Waals surface area contributed by atoms with E-state index < -0.39 is 24.0 Å². The Morgan fingerprint density at radius 3 is 2.46 bits per heavy atom. The molecule has 0 saturated carbocycles. The molecule has 1 aromatic carbocycles. The van der Waals surface area contributed by atoms with Crippen LogP contribution in [0.3, 0.4) is 0 Å². The lowest BCUT2D eigenvalue weighted by molar-refractivity contribution is -0.155. The van der Waals surface area contributed by atoms with Gasteiger partial charge in [0.05, 0.1) is 16.6 Å². The highest BCUT2D eigenvalue weighted by Gasteiger charge is 2.32. The fraction of sp³-hybridized carbons (Fsp3) is 0.267. The number of carboxylic acids is 1. The van der Waals surface area contributed by atoms with Crippen LogP contribution in [-0.2, 0) is 4.79 Å². The number of nitrogens with one attached hydrogen (secondary N) is 1. The van der Waals surface area contributed by atoms with Gasteiger partial charge in [-0.1, -0.05) is 34.4 Å². The number of aliphatic hydroxyl groups is 1. The van der Waals surface area contributed by atoms with Gasteiger partial charge in [0.15, 0.2) is 5.60 Å². The number of hydrogen-bond acceptors (Lipinski definition) is 5. The maximum Gasteiger partial charge on any atom is 0.337 e. The van der Waals surface area contributed by atoms with Crippen molar-refractivity contribution in [2.75, 3.05) is 6.54 Å². The number of nitrogens with zero attached hydrogens (tertiary/aromatic N) is 1. The number of amides is 1. The minimum absolute atomic E-state index is 0.0613. The number of carbonyl (C=O) groups excluding carboxylic acids is 1. The van der Waals surface area contributed by atoms with E-state index in [0.717, 1.165) is 6.92 Å². The van der Waals surface area contributed by atoms with Crippen LogP contribution in [0.2, 0.25) is 10.0 Å². The molecule has 9 heteroatoms. The Morgan fingerprint density at radius 1 is 1.33 bits per heavy atom. The molecule has 0 fully saturated rings. The lowest BCUT2D eigenvalue weighted by Gasteiger charge is -2.18. The van der Waals surface area contributed by atoms with Gasteiger partial charge in [0.1, 0.15) is 17.0 Å². The fourth-order valence-electron chi connectivity index (χ4n) is 1.95. The molecule has 0 saturated heterocycles. The van der Waals surface area contributed by atoms with E-state index in [4.69, 9.17) is 32.8 Å². The summed E-state index contributed by atoms with van der Waals surface area (Å²) in [5, 5.41) is 25.3. The molecule has 7 nitrogen and oxygen atoms in total. The Balaban J connectivity index is 2.37. The van der Waals surface area contributed by atoms with Crippen molar-refractivity contribution in [2.45, 2.75) is 19.4 Å². The Morgan fingerprint density at radius 2 is 1.92 bits per heavy atom. The zero-order valence-corrected chi connectivity index (χ0v) is 14.3. The highest BCUT2D eigenvalue weighted by molar-refractivity contribution is 6.39. The molecule has 0 radical (unpaired) electrons. The van der Waals surface area contributed by atoms with Gasteiger partial charge in [-0.2, -0.15) is 0 Å². The first-order valence-corrected chi connectivity index (χ1v) is 7.55. The van der Waals surface area contributed by atoms with Gasteiger partial charge in [-0.3, -0.25) is 4.79 Å². The third kappa shape index (κ3) is 3.53. The Kier molecular flexibility index (Phi) is 5.17. The van der Waals surface area contributed by atoms with Crippen LogP contribution < -0.4 is 5.32 Å². The SMILES string of the molecule is Cc1onc(-c2c(Cl)cccc2Cl)c1C(=O)NCC(C)(O)C(=O)O. The highest BCUT2D eigenvalue weighted by atomic mass is 35.5. The lowest BCUT2D eigenvalue weighted by atomic mass is 10.0. The molecule has 0 bridgehead atoms. The second kappa shape index (κ2) is 6.80. The monoisotopic (exact) mass is 372 g/mol. The molecule has 1 heterocycles. The first-order valence-electron chi connectivity index (χ1n) is 6.79. The summed E-state index contributed by atoms with van der Waals surface area (Å²) in [6.07, 6.45) is 0. The molecule has 0 aliphatic carbocycles. The lowest BCUT2D eigenvalue weighted by Crippen LogP contribution is -2.46. The molecule has 1 unspecified atom stereocenters. The minimum Gasteiger partial charge on any atom is -0.479 e. The number of halogens is 2. The first-order chi connectivity index (χ1) is 11.1. The molecule has 0 spiro atoms. The number of carboxylic acid groups (broad SMARTS) is 1. The molecule has 1 amide bonds. The van der Waals surface area contributed by atoms with E-state index in [1.165, 1.54) is 6.92 Å². The second-order valence-electron chi connectivity index (χ2n) is 5.32. The minimum atomic E-state index is -2.11. The van der Waals surface area contributed by atoms with E-state index in [9.17, 15) is 14.7 Å². The van der Waals surface area contributed by atoms with Crippen molar-refractivity contribution >= 4 is 35.1 Å². The quantitative estimate of drug-likeness (QED) is 0.743. The largest absolute Gasteiger partial charge is 0.479 e. The molecule has 3 N–H and O–H groups in total. The summed E-state index contributed by atoms with van der Waals surface area (Å²) < 4.78 is 5.05. The van der Waals surface area contributed by atoms with Crippen molar-refractivity contribution in [3.8, 4) is 11.3 Å². The van der Waals surface area contributed by atoms with E-state index in [-0.39, 0.29) is 27.1 Å². The summed E-state index contributed by atoms with van der Waals surface area (Å²) in [6, 6.07) is 4.82. The van der Waals surface area contributed by atoms with Crippen molar-refractivity contribution in [1.29, 1.82) is 0 Å². The number of hydrogen-bond donors (Lipinski definition) is 3. The van der Waals surface area contributed by atoms with Gasteiger partial charge in [-0.05, 0) is 26.0 Å². The van der Waals surface area contributed by atoms with Gasteiger partial charge in [-0.25, -0.2) is 4.79 Å². The van der Waals surface area contributed by atoms with Crippen molar-refractivity contribution in [2.24, 2.45) is 0 Å². The van der Waals surface area contributed by atoms with Crippen LogP contribution in [0.4, 0.5) is 0 Å². The molecule has 1 aromatic heterocycles. The van der Waals surface area contributed by atoms with Gasteiger partial charge >= 0.3 is 5.97 Å². The third-order valence-corrected chi connectivity index (χ3v) is 3.97. The second-order valence-corrected chi connectivity index (χ2v) is 6.14. The van der Waals surface area contributed by atoms with Crippen LogP contribution in [0.15, 0.2) is 22.7 Å². The van der Waals surface area contributed by atoms with E-state index in [1.807, 2.05) is 0 Å². The number of aryl methyl sites for hydroxylation is 1. The van der Waals surface area contributed by atoms with Gasteiger partial charge in [-0.15, -0.1) is 0 Å². The van der Waals surface area contributed by atoms with Gasteiger partial charge < -0.3 is 20.1 Å². The van der Waals surface area contributed by atoms with Crippen molar-refractivity contribution < 1.29 is 24.3 Å². The smallest absolute Gasteiger partial charge is 0.337 e. The molecule has 0 aliphatic rings. The molecule has 2 aromatic rings. The average molecular weight is 373 g/mol. The molecule has 24 heavy (non-hydrogen) atoms. The molecular weight excluding hydrogens is 359 g/mol. The number of aromatic nitrogens is 1. The van der Waals surface area contributed by atoms with Crippen LogP contribution in [0.1, 0.15) is 23.0 Å². The summed E-state index contributed by atoms with van der Waals surface area (Å²) in [6.45, 7) is 2.09. The molecule has 128 valence electrons. The summed E-state index contributed by atoms with van der Waals surface area (Å²) in [7, 11) is 0. The Labute approximate surface area is 147 Å². The maximum absolute atomic E-state index is 12.4. The topological polar surface area (TPSA) is 113 Å². The molecular formula is C15H14Cl2N2O5. The average Bonchev–Trinajstić information content (AvgIpc) is 2.86. The van der Waals surface area contributed by atoms with Crippen LogP contribution in [0.5, 0.6) is 0 Å². The summed E-state index contributed by atoms with van der Waals surface area (Å²) >= 11 is 12.3. The molecule has 0 aliphatic heterocycles. The van der Waals surface area contributed by atoms with Crippen molar-refractivity contribution in [1.82, 2.24) is 10.5 Å². The van der Waals surface area contributed by atoms with Gasteiger partial charge in [0.2, 0.25) is 0 Å². The standard InChI is InChI=1S/C15H14Cl2N2O5/c1-7-10(13(20)18-6-15(2,23)14(21)22)12(19-24-7)11-8(16)4-3-5-9(11)17/h3-5,23H,6H2,1-2H3,(H,18,20)(H,21,22). The van der Waals surface area contributed by atoms with Gasteiger partial charge in [0.25, 0.3) is 5.91 Å². The zero-order chi connectivity index (χ0) is 18.1. The number of carbonyl (C=O) groups is 2. The molecule has 1 atom stereocenters. The van der Waals surface area contributed by atoms with Crippen LogP contribution >= 0.6 is 23.2 Å². The van der Waals surface area contributed by atoms with E-state index in [0.29, 0.717) is 5.56 Å². The number of rotatable bonds is 5. The van der Waals surface area contributed by atoms with Crippen molar-refractivity contribution in [3.63, 3.8) is 0 Å². The maximum atomic E-state index is 12.4. The Bertz CT molecular complexity index is 781. The number of benzene rings is 1. The normalized spacial score (nSPS) is 13.4. The predicted octanol–water partition coefficient (Wildman–Crippen LogP) is 2.52. The highest BCUT2D eigenvalue weighted by Crippen LogP contribution is 2.36. The molecule has 2 rings (SSSR count). The summed E-state index contributed by atoms with van der Waals surface area (Å²) in [5.74, 6) is -1.92. The first kappa shape index (κ1) is 18.3. The van der Waals surface area contributed by atoms with Crippen molar-refractivity contribution in [3.05, 3.63) is 39.6 Å². The van der Waals surface area contributed by atoms with E-state index in [1.54, 1.807) is 18.2 Å². The number of aliphatic carboxylic acids is 1.